The molecule has 1 rings (SSSR count). The van der Waals surface area contributed by atoms with E-state index in [0.29, 0.717) is 6.42 Å². The van der Waals surface area contributed by atoms with Crippen LogP contribution < -0.4 is 5.73 Å². The molecular formula is C13H21NO4S2. The maximum atomic E-state index is 12.3. The van der Waals surface area contributed by atoms with E-state index in [1.54, 1.807) is 31.2 Å². The first-order valence-electron chi connectivity index (χ1n) is 6.37. The van der Waals surface area contributed by atoms with Gasteiger partial charge in [-0.25, -0.2) is 16.8 Å². The monoisotopic (exact) mass is 319 g/mol. The summed E-state index contributed by atoms with van der Waals surface area (Å²) in [7, 11) is -6.87. The van der Waals surface area contributed by atoms with Gasteiger partial charge in [-0.3, -0.25) is 0 Å². The van der Waals surface area contributed by atoms with Crippen LogP contribution in [0.4, 0.5) is 0 Å². The first-order chi connectivity index (χ1) is 9.17. The summed E-state index contributed by atoms with van der Waals surface area (Å²) in [6.07, 6.45) is 1.38. The number of hydrogen-bond donors (Lipinski definition) is 1. The Bertz CT molecular complexity index is 624. The third kappa shape index (κ3) is 4.88. The molecule has 2 unspecified atom stereocenters. The summed E-state index contributed by atoms with van der Waals surface area (Å²) in [6.45, 7) is 1.74. The standard InChI is InChI=1S/C13H21NO4S2/c1-3-12(13(14)11-7-5-4-6-8-11)20(17,18)10-9-19(2,15)16/h4-8,12-13H,3,9-10,14H2,1-2H3. The Kier molecular flexibility index (Phi) is 5.73. The largest absolute Gasteiger partial charge is 0.323 e. The Hall–Kier alpha value is -0.920. The van der Waals surface area contributed by atoms with Crippen LogP contribution in [-0.4, -0.2) is 39.8 Å². The summed E-state index contributed by atoms with van der Waals surface area (Å²) >= 11 is 0. The lowest BCUT2D eigenvalue weighted by molar-refractivity contribution is 0.547. The smallest absolute Gasteiger partial charge is 0.156 e. The van der Waals surface area contributed by atoms with Gasteiger partial charge in [-0.15, -0.1) is 0 Å². The highest BCUT2D eigenvalue weighted by molar-refractivity contribution is 7.95. The fourth-order valence-electron chi connectivity index (χ4n) is 2.04. The van der Waals surface area contributed by atoms with Crippen LogP contribution in [0.3, 0.4) is 0 Å². The highest BCUT2D eigenvalue weighted by Gasteiger charge is 2.31. The molecule has 114 valence electrons. The molecule has 0 saturated carbocycles. The minimum absolute atomic E-state index is 0.349. The summed E-state index contributed by atoms with van der Waals surface area (Å²) in [5.41, 5.74) is 6.78. The molecular weight excluding hydrogens is 298 g/mol. The van der Waals surface area contributed by atoms with E-state index in [2.05, 4.69) is 0 Å². The molecule has 1 aromatic rings. The van der Waals surface area contributed by atoms with Crippen LogP contribution in [-0.2, 0) is 19.7 Å². The fraction of sp³-hybridized carbons (Fsp3) is 0.538. The van der Waals surface area contributed by atoms with Gasteiger partial charge in [-0.2, -0.15) is 0 Å². The molecule has 0 radical (unpaired) electrons. The van der Waals surface area contributed by atoms with E-state index in [9.17, 15) is 16.8 Å². The quantitative estimate of drug-likeness (QED) is 0.806. The van der Waals surface area contributed by atoms with E-state index in [-0.39, 0.29) is 11.5 Å². The van der Waals surface area contributed by atoms with Gasteiger partial charge < -0.3 is 5.73 Å². The predicted molar refractivity (Wildman–Crippen MR) is 80.9 cm³/mol. The second-order valence-corrected chi connectivity index (χ2v) is 9.48. The summed E-state index contributed by atoms with van der Waals surface area (Å²) in [5.74, 6) is -0.752. The molecule has 0 saturated heterocycles. The van der Waals surface area contributed by atoms with Crippen molar-refractivity contribution in [2.75, 3.05) is 17.8 Å². The Morgan fingerprint density at radius 1 is 1.05 bits per heavy atom. The van der Waals surface area contributed by atoms with Crippen molar-refractivity contribution >= 4 is 19.7 Å². The van der Waals surface area contributed by atoms with Crippen LogP contribution >= 0.6 is 0 Å². The molecule has 0 aliphatic carbocycles. The van der Waals surface area contributed by atoms with Crippen LogP contribution in [0.2, 0.25) is 0 Å². The van der Waals surface area contributed by atoms with E-state index in [1.807, 2.05) is 6.07 Å². The van der Waals surface area contributed by atoms with E-state index >= 15 is 0 Å². The van der Waals surface area contributed by atoms with Gasteiger partial charge in [0.25, 0.3) is 0 Å². The van der Waals surface area contributed by atoms with E-state index in [0.717, 1.165) is 11.8 Å². The van der Waals surface area contributed by atoms with Crippen molar-refractivity contribution in [2.24, 2.45) is 5.73 Å². The molecule has 2 N–H and O–H groups in total. The Morgan fingerprint density at radius 2 is 1.60 bits per heavy atom. The number of sulfone groups is 2. The first kappa shape index (κ1) is 17.1. The van der Waals surface area contributed by atoms with Gasteiger partial charge >= 0.3 is 0 Å². The zero-order chi connectivity index (χ0) is 15.4. The molecule has 5 nitrogen and oxygen atoms in total. The lowest BCUT2D eigenvalue weighted by atomic mass is 10.0. The molecule has 0 spiro atoms. The Morgan fingerprint density at radius 3 is 2.05 bits per heavy atom. The zero-order valence-electron chi connectivity index (χ0n) is 11.7. The van der Waals surface area contributed by atoms with E-state index < -0.39 is 31.0 Å². The van der Waals surface area contributed by atoms with Crippen LogP contribution in [0.5, 0.6) is 0 Å². The Labute approximate surface area is 121 Å². The van der Waals surface area contributed by atoms with Crippen LogP contribution in [0.15, 0.2) is 30.3 Å². The van der Waals surface area contributed by atoms with Crippen molar-refractivity contribution in [3.8, 4) is 0 Å². The summed E-state index contributed by atoms with van der Waals surface area (Å²) in [4.78, 5) is 0. The number of nitrogens with two attached hydrogens (primary N) is 1. The van der Waals surface area contributed by atoms with Crippen LogP contribution in [0.1, 0.15) is 24.9 Å². The van der Waals surface area contributed by atoms with Crippen molar-refractivity contribution < 1.29 is 16.8 Å². The van der Waals surface area contributed by atoms with Gasteiger partial charge in [0.2, 0.25) is 0 Å². The topological polar surface area (TPSA) is 94.3 Å². The molecule has 0 amide bonds. The third-order valence-corrected chi connectivity index (χ3v) is 6.71. The lowest BCUT2D eigenvalue weighted by Crippen LogP contribution is -2.36. The van der Waals surface area contributed by atoms with Crippen LogP contribution in [0, 0.1) is 0 Å². The predicted octanol–water partition coefficient (Wildman–Crippen LogP) is 0.924. The second-order valence-electron chi connectivity index (χ2n) is 4.88. The fourth-order valence-corrected chi connectivity index (χ4v) is 5.59. The van der Waals surface area contributed by atoms with Gasteiger partial charge in [0.1, 0.15) is 9.84 Å². The molecule has 0 heterocycles. The minimum atomic E-state index is -3.56. The summed E-state index contributed by atoms with van der Waals surface area (Å²) in [5, 5.41) is -0.772. The second kappa shape index (κ2) is 6.69. The minimum Gasteiger partial charge on any atom is -0.323 e. The van der Waals surface area contributed by atoms with Crippen LogP contribution in [0.25, 0.3) is 0 Å². The van der Waals surface area contributed by atoms with E-state index in [4.69, 9.17) is 5.73 Å². The Balaban J connectivity index is 2.95. The molecule has 0 bridgehead atoms. The summed E-state index contributed by atoms with van der Waals surface area (Å²) < 4.78 is 46.8. The summed E-state index contributed by atoms with van der Waals surface area (Å²) in [6, 6.07) is 8.33. The molecule has 0 fully saturated rings. The van der Waals surface area contributed by atoms with Gasteiger partial charge in [0.15, 0.2) is 9.84 Å². The number of rotatable bonds is 7. The normalized spacial score (nSPS) is 15.8. The molecule has 1 aromatic carbocycles. The average molecular weight is 319 g/mol. The lowest BCUT2D eigenvalue weighted by Gasteiger charge is -2.23. The molecule has 20 heavy (non-hydrogen) atoms. The van der Waals surface area contributed by atoms with E-state index in [1.165, 1.54) is 0 Å². The molecule has 2 atom stereocenters. The number of benzene rings is 1. The van der Waals surface area contributed by atoms with Gasteiger partial charge in [-0.1, -0.05) is 37.3 Å². The highest BCUT2D eigenvalue weighted by Crippen LogP contribution is 2.23. The SMILES string of the molecule is CCC(C(N)c1ccccc1)S(=O)(=O)CCS(C)(=O)=O. The van der Waals surface area contributed by atoms with Gasteiger partial charge in [0, 0.05) is 12.3 Å². The number of hydrogen-bond acceptors (Lipinski definition) is 5. The molecule has 0 aliphatic rings. The first-order valence-corrected chi connectivity index (χ1v) is 10.1. The molecule has 7 heteroatoms. The maximum Gasteiger partial charge on any atom is 0.156 e. The van der Waals surface area contributed by atoms with Crippen molar-refractivity contribution in [1.29, 1.82) is 0 Å². The van der Waals surface area contributed by atoms with Crippen molar-refractivity contribution in [2.45, 2.75) is 24.6 Å². The average Bonchev–Trinajstić information content (AvgIpc) is 2.37. The zero-order valence-corrected chi connectivity index (χ0v) is 13.3. The highest BCUT2D eigenvalue weighted by atomic mass is 32.2. The third-order valence-electron chi connectivity index (χ3n) is 3.19. The molecule has 0 aromatic heterocycles. The van der Waals surface area contributed by atoms with Crippen molar-refractivity contribution in [3.05, 3.63) is 35.9 Å². The van der Waals surface area contributed by atoms with Gasteiger partial charge in [-0.05, 0) is 12.0 Å². The maximum absolute atomic E-state index is 12.3. The molecule has 0 aliphatic heterocycles. The van der Waals surface area contributed by atoms with Crippen molar-refractivity contribution in [1.82, 2.24) is 0 Å². The van der Waals surface area contributed by atoms with Gasteiger partial charge in [0.05, 0.1) is 16.8 Å². The van der Waals surface area contributed by atoms with Crippen molar-refractivity contribution in [3.63, 3.8) is 0 Å².